The number of nitrogens with zero attached hydrogens (tertiary/aromatic N) is 5. The summed E-state index contributed by atoms with van der Waals surface area (Å²) in [4.78, 5) is 20.3. The van der Waals surface area contributed by atoms with Crippen molar-refractivity contribution in [3.05, 3.63) is 164 Å². The number of para-hydroxylation sites is 4. The van der Waals surface area contributed by atoms with Crippen molar-refractivity contribution < 1.29 is 8.83 Å². The average Bonchev–Trinajstić information content (AvgIpc) is 3.93. The van der Waals surface area contributed by atoms with E-state index in [4.69, 9.17) is 28.8 Å². The van der Waals surface area contributed by atoms with Crippen LogP contribution in [-0.4, -0.2) is 24.5 Å². The van der Waals surface area contributed by atoms with Crippen LogP contribution in [-0.2, 0) is 0 Å². The molecule has 11 aromatic rings. The Labute approximate surface area is 302 Å². The number of aromatic nitrogens is 5. The van der Waals surface area contributed by atoms with Crippen LogP contribution in [0.25, 0.3) is 106 Å². The molecule has 0 amide bonds. The van der Waals surface area contributed by atoms with E-state index in [1.54, 1.807) is 0 Å². The molecule has 7 nitrogen and oxygen atoms in total. The fraction of sp³-hybridized carbons (Fsp3) is 0. The molecule has 0 aliphatic carbocycles. The third-order valence-corrected chi connectivity index (χ3v) is 9.90. The normalized spacial score (nSPS) is 11.8. The number of furan rings is 1. The molecule has 0 unspecified atom stereocenters. The summed E-state index contributed by atoms with van der Waals surface area (Å²) in [7, 11) is 0. The molecule has 0 N–H and O–H groups in total. The summed E-state index contributed by atoms with van der Waals surface area (Å²) in [5.74, 6) is 2.23. The van der Waals surface area contributed by atoms with Crippen LogP contribution >= 0.6 is 0 Å². The third kappa shape index (κ3) is 4.68. The van der Waals surface area contributed by atoms with Gasteiger partial charge in [0.25, 0.3) is 0 Å². The van der Waals surface area contributed by atoms with Gasteiger partial charge in [0, 0.05) is 49.5 Å². The van der Waals surface area contributed by atoms with Crippen molar-refractivity contribution in [2.75, 3.05) is 0 Å². The molecular weight excluding hydrogens is 655 g/mol. The summed E-state index contributed by atoms with van der Waals surface area (Å²) in [6.07, 6.45) is 0. The Bertz CT molecular complexity index is 3150. The highest BCUT2D eigenvalue weighted by atomic mass is 16.3. The Morgan fingerprint density at radius 1 is 0.396 bits per heavy atom. The van der Waals surface area contributed by atoms with E-state index in [1.165, 1.54) is 0 Å². The van der Waals surface area contributed by atoms with Crippen LogP contribution in [0.15, 0.2) is 173 Å². The van der Waals surface area contributed by atoms with Crippen LogP contribution in [0, 0.1) is 0 Å². The Morgan fingerprint density at radius 3 is 1.83 bits per heavy atom. The molecule has 0 saturated heterocycles. The van der Waals surface area contributed by atoms with Gasteiger partial charge in [-0.15, -0.1) is 0 Å². The van der Waals surface area contributed by atoms with Crippen molar-refractivity contribution in [3.8, 4) is 51.3 Å². The summed E-state index contributed by atoms with van der Waals surface area (Å²) >= 11 is 0. The number of fused-ring (bicyclic) bond motifs is 7. The van der Waals surface area contributed by atoms with Gasteiger partial charge in [-0.1, -0.05) is 97.1 Å². The zero-order valence-electron chi connectivity index (χ0n) is 28.1. The molecule has 0 bridgehead atoms. The van der Waals surface area contributed by atoms with Crippen LogP contribution in [0.1, 0.15) is 0 Å². The maximum atomic E-state index is 6.47. The number of hydrogen-bond acceptors (Lipinski definition) is 6. The Kier molecular flexibility index (Phi) is 6.42. The standard InChI is InChI=1S/C46H27N5O2/c1-3-13-28(14-4-1)43-48-44(29-25-26-37-34(27-29)31-17-7-9-21-36(31)51(37)30-15-5-2-6-16-30)50-45(49-43)32-18-11-23-39-41(32)42-33(19-12-24-40(42)52-39)46-47-35-20-8-10-22-38(35)53-46/h1-27H. The van der Waals surface area contributed by atoms with E-state index in [-0.39, 0.29) is 0 Å². The average molecular weight is 682 g/mol. The predicted molar refractivity (Wildman–Crippen MR) is 211 cm³/mol. The van der Waals surface area contributed by atoms with E-state index in [2.05, 4.69) is 71.3 Å². The van der Waals surface area contributed by atoms with Crippen molar-refractivity contribution in [3.63, 3.8) is 0 Å². The second-order valence-electron chi connectivity index (χ2n) is 13.0. The van der Waals surface area contributed by atoms with Crippen molar-refractivity contribution in [1.29, 1.82) is 0 Å². The quantitative estimate of drug-likeness (QED) is 0.180. The molecule has 0 aliphatic rings. The lowest BCUT2D eigenvalue weighted by molar-refractivity contribution is 0.620. The van der Waals surface area contributed by atoms with Crippen LogP contribution in [0.4, 0.5) is 0 Å². The minimum atomic E-state index is 0.526. The maximum absolute atomic E-state index is 6.47. The van der Waals surface area contributed by atoms with Crippen LogP contribution in [0.3, 0.4) is 0 Å². The first-order chi connectivity index (χ1) is 26.3. The molecule has 248 valence electrons. The van der Waals surface area contributed by atoms with E-state index in [9.17, 15) is 0 Å². The lowest BCUT2D eigenvalue weighted by atomic mass is 10.0. The summed E-state index contributed by atoms with van der Waals surface area (Å²) < 4.78 is 15.1. The number of benzene rings is 7. The van der Waals surface area contributed by atoms with Crippen LogP contribution < -0.4 is 0 Å². The summed E-state index contributed by atoms with van der Waals surface area (Å²) in [6.45, 7) is 0. The molecule has 0 radical (unpaired) electrons. The molecule has 0 fully saturated rings. The third-order valence-electron chi connectivity index (χ3n) is 9.90. The van der Waals surface area contributed by atoms with E-state index >= 15 is 0 Å². The monoisotopic (exact) mass is 681 g/mol. The largest absolute Gasteiger partial charge is 0.456 e. The van der Waals surface area contributed by atoms with Gasteiger partial charge in [0.05, 0.1) is 11.0 Å². The molecular formula is C46H27N5O2. The van der Waals surface area contributed by atoms with Crippen molar-refractivity contribution in [2.45, 2.75) is 0 Å². The fourth-order valence-corrected chi connectivity index (χ4v) is 7.53. The number of oxazole rings is 1. The second-order valence-corrected chi connectivity index (χ2v) is 13.0. The molecule has 0 saturated carbocycles. The molecule has 11 rings (SSSR count). The SMILES string of the molecule is c1ccc(-c2nc(-c3ccc4c(c3)c3ccccc3n4-c3ccccc3)nc(-c3cccc4oc5cccc(-c6nc7ccccc7o6)c5c34)n2)cc1. The van der Waals surface area contributed by atoms with E-state index in [0.717, 1.165) is 82.8 Å². The molecule has 0 aliphatic heterocycles. The highest BCUT2D eigenvalue weighted by Crippen LogP contribution is 2.42. The minimum absolute atomic E-state index is 0.526. The van der Waals surface area contributed by atoms with Gasteiger partial charge >= 0.3 is 0 Å². The van der Waals surface area contributed by atoms with Crippen LogP contribution in [0.5, 0.6) is 0 Å². The molecule has 4 aromatic heterocycles. The fourth-order valence-electron chi connectivity index (χ4n) is 7.53. The topological polar surface area (TPSA) is 82.8 Å². The summed E-state index contributed by atoms with van der Waals surface area (Å²) in [5, 5.41) is 4.06. The zero-order valence-corrected chi connectivity index (χ0v) is 28.1. The highest BCUT2D eigenvalue weighted by Gasteiger charge is 2.22. The predicted octanol–water partition coefficient (Wildman–Crippen LogP) is 11.7. The van der Waals surface area contributed by atoms with E-state index in [1.807, 2.05) is 97.1 Å². The first kappa shape index (κ1) is 29.4. The van der Waals surface area contributed by atoms with Crippen molar-refractivity contribution in [2.24, 2.45) is 0 Å². The van der Waals surface area contributed by atoms with E-state index < -0.39 is 0 Å². The molecule has 7 heteroatoms. The number of rotatable bonds is 5. The Balaban J connectivity index is 1.15. The highest BCUT2D eigenvalue weighted by molar-refractivity contribution is 6.17. The molecule has 4 heterocycles. The van der Waals surface area contributed by atoms with Gasteiger partial charge in [0.1, 0.15) is 16.7 Å². The summed E-state index contributed by atoms with van der Waals surface area (Å²) in [5.41, 5.74) is 9.79. The first-order valence-electron chi connectivity index (χ1n) is 17.5. The Hall–Kier alpha value is -7.38. The van der Waals surface area contributed by atoms with Gasteiger partial charge < -0.3 is 13.4 Å². The van der Waals surface area contributed by atoms with Crippen LogP contribution in [0.2, 0.25) is 0 Å². The van der Waals surface area contributed by atoms with Gasteiger partial charge in [-0.25, -0.2) is 19.9 Å². The van der Waals surface area contributed by atoms with Gasteiger partial charge in [-0.2, -0.15) is 0 Å². The second kappa shape index (κ2) is 11.6. The van der Waals surface area contributed by atoms with Crippen molar-refractivity contribution in [1.82, 2.24) is 24.5 Å². The van der Waals surface area contributed by atoms with Gasteiger partial charge in [-0.05, 0) is 66.7 Å². The number of hydrogen-bond donors (Lipinski definition) is 0. The molecule has 0 spiro atoms. The molecule has 0 atom stereocenters. The smallest absolute Gasteiger partial charge is 0.228 e. The minimum Gasteiger partial charge on any atom is -0.456 e. The van der Waals surface area contributed by atoms with Gasteiger partial charge in [-0.3, -0.25) is 0 Å². The van der Waals surface area contributed by atoms with Gasteiger partial charge in [0.2, 0.25) is 5.89 Å². The zero-order chi connectivity index (χ0) is 34.9. The first-order valence-corrected chi connectivity index (χ1v) is 17.5. The van der Waals surface area contributed by atoms with E-state index in [0.29, 0.717) is 23.4 Å². The van der Waals surface area contributed by atoms with Crippen molar-refractivity contribution >= 4 is 54.8 Å². The summed E-state index contributed by atoms with van der Waals surface area (Å²) in [6, 6.07) is 55.3. The lowest BCUT2D eigenvalue weighted by Crippen LogP contribution is -2.00. The Morgan fingerprint density at radius 2 is 1.02 bits per heavy atom. The maximum Gasteiger partial charge on any atom is 0.228 e. The lowest BCUT2D eigenvalue weighted by Gasteiger charge is -2.10. The van der Waals surface area contributed by atoms with Gasteiger partial charge in [0.15, 0.2) is 23.1 Å². The molecule has 7 aromatic carbocycles. The molecule has 53 heavy (non-hydrogen) atoms.